The first-order valence-corrected chi connectivity index (χ1v) is 12.0. The normalized spacial score (nSPS) is 10.7. The van der Waals surface area contributed by atoms with Gasteiger partial charge in [-0.2, -0.15) is 0 Å². The van der Waals surface area contributed by atoms with Crippen molar-refractivity contribution < 1.29 is 9.53 Å². The minimum atomic E-state index is -0.304. The molecule has 160 valence electrons. The van der Waals surface area contributed by atoms with Crippen LogP contribution in [0, 0.1) is 6.92 Å². The molecule has 2 N–H and O–H groups in total. The summed E-state index contributed by atoms with van der Waals surface area (Å²) in [5.74, 6) is -0.304. The fourth-order valence-corrected chi connectivity index (χ4v) is 4.78. The van der Waals surface area contributed by atoms with E-state index < -0.39 is 0 Å². The summed E-state index contributed by atoms with van der Waals surface area (Å²) in [5.41, 5.74) is 1.66. The molecule has 1 rings (SSSR count). The van der Waals surface area contributed by atoms with Gasteiger partial charge in [0, 0.05) is 11.4 Å². The molecule has 1 aromatic heterocycles. The fraction of sp³-hybridized carbons (Fsp3) is 0.727. The number of hydrogen-bond acceptors (Lipinski definition) is 4. The number of carbonyl (C=O) groups excluding carboxylic acids is 1. The van der Waals surface area contributed by atoms with Gasteiger partial charge in [0.05, 0.1) is 12.7 Å². The zero-order chi connectivity index (χ0) is 20.8. The van der Waals surface area contributed by atoms with E-state index >= 15 is 0 Å². The number of unbranched alkanes of at least 4 members (excludes halogenated alkanes) is 9. The summed E-state index contributed by atoms with van der Waals surface area (Å²) in [6.45, 7) is 7.20. The smallest absolute Gasteiger partial charge is 0.341 e. The van der Waals surface area contributed by atoms with Crippen LogP contribution in [0.3, 0.4) is 0 Å². The molecule has 0 saturated carbocycles. The summed E-state index contributed by atoms with van der Waals surface area (Å²) in [6.07, 6.45) is 14.0. The summed E-state index contributed by atoms with van der Waals surface area (Å²) < 4.78 is 4.95. The Balaban J connectivity index is 2.25. The van der Waals surface area contributed by atoms with Gasteiger partial charge in [-0.3, -0.25) is 0 Å². The van der Waals surface area contributed by atoms with Crippen molar-refractivity contribution in [2.45, 2.75) is 91.4 Å². The molecule has 0 aliphatic carbocycles. The third-order valence-electron chi connectivity index (χ3n) is 4.99. The summed E-state index contributed by atoms with van der Waals surface area (Å²) in [7, 11) is 1.42. The Morgan fingerprint density at radius 1 is 1.00 bits per heavy atom. The standard InChI is InChI=1S/C22H38N2O2S2/c1-5-7-8-9-10-11-12-13-14-15-16-23-22(27)24-20-19(21(25)26-4)18(6-2)17(3)28-20/h5-16H2,1-4H3,(H2,23,24,27). The number of esters is 1. The molecule has 0 aliphatic rings. The van der Waals surface area contributed by atoms with E-state index in [-0.39, 0.29) is 5.97 Å². The third-order valence-corrected chi connectivity index (χ3v) is 6.30. The van der Waals surface area contributed by atoms with Crippen LogP contribution in [-0.2, 0) is 11.2 Å². The maximum atomic E-state index is 12.1. The highest BCUT2D eigenvalue weighted by molar-refractivity contribution is 7.80. The Morgan fingerprint density at radius 3 is 2.11 bits per heavy atom. The summed E-state index contributed by atoms with van der Waals surface area (Å²) in [5, 5.41) is 7.81. The average Bonchev–Trinajstić information content (AvgIpc) is 3.00. The number of anilines is 1. The highest BCUT2D eigenvalue weighted by Crippen LogP contribution is 2.33. The number of carbonyl (C=O) groups is 1. The predicted molar refractivity (Wildman–Crippen MR) is 126 cm³/mol. The molecule has 0 fully saturated rings. The Kier molecular flexibility index (Phi) is 13.2. The van der Waals surface area contributed by atoms with Crippen LogP contribution in [0.2, 0.25) is 0 Å². The van der Waals surface area contributed by atoms with Gasteiger partial charge in [-0.05, 0) is 37.5 Å². The van der Waals surface area contributed by atoms with Crippen LogP contribution >= 0.6 is 23.6 Å². The van der Waals surface area contributed by atoms with Crippen molar-refractivity contribution in [1.29, 1.82) is 0 Å². The largest absolute Gasteiger partial charge is 0.465 e. The number of nitrogens with one attached hydrogen (secondary N) is 2. The number of aryl methyl sites for hydroxylation is 1. The van der Waals surface area contributed by atoms with Crippen molar-refractivity contribution >= 4 is 39.6 Å². The minimum absolute atomic E-state index is 0.304. The number of thiophene rings is 1. The van der Waals surface area contributed by atoms with Crippen molar-refractivity contribution in [1.82, 2.24) is 5.32 Å². The number of thiocarbonyl (C=S) groups is 1. The van der Waals surface area contributed by atoms with Gasteiger partial charge in [0.1, 0.15) is 5.00 Å². The monoisotopic (exact) mass is 426 g/mol. The summed E-state index contributed by atoms with van der Waals surface area (Å²) in [6, 6.07) is 0. The lowest BCUT2D eigenvalue weighted by Gasteiger charge is -2.11. The average molecular weight is 427 g/mol. The molecule has 0 saturated heterocycles. The van der Waals surface area contributed by atoms with Gasteiger partial charge in [0.2, 0.25) is 0 Å². The van der Waals surface area contributed by atoms with Crippen molar-refractivity contribution in [3.8, 4) is 0 Å². The zero-order valence-corrected chi connectivity index (χ0v) is 19.8. The maximum absolute atomic E-state index is 12.1. The summed E-state index contributed by atoms with van der Waals surface area (Å²) >= 11 is 6.97. The van der Waals surface area contributed by atoms with Crippen LogP contribution in [-0.4, -0.2) is 24.7 Å². The molecule has 1 heterocycles. The molecule has 0 amide bonds. The predicted octanol–water partition coefficient (Wildman–Crippen LogP) is 6.61. The molecular formula is C22H38N2O2S2. The van der Waals surface area contributed by atoms with Gasteiger partial charge in [-0.25, -0.2) is 4.79 Å². The number of rotatable bonds is 14. The lowest BCUT2D eigenvalue weighted by Crippen LogP contribution is -2.29. The second-order valence-electron chi connectivity index (χ2n) is 7.25. The molecule has 0 aliphatic heterocycles. The van der Waals surface area contributed by atoms with E-state index in [1.165, 1.54) is 64.9 Å². The first-order chi connectivity index (χ1) is 13.5. The number of methoxy groups -OCH3 is 1. The van der Waals surface area contributed by atoms with Gasteiger partial charge in [0.25, 0.3) is 0 Å². The van der Waals surface area contributed by atoms with Gasteiger partial charge in [-0.1, -0.05) is 71.6 Å². The lowest BCUT2D eigenvalue weighted by molar-refractivity contribution is 0.0601. The second kappa shape index (κ2) is 14.8. The highest BCUT2D eigenvalue weighted by atomic mass is 32.1. The van der Waals surface area contributed by atoms with E-state index in [1.54, 1.807) is 11.3 Å². The van der Waals surface area contributed by atoms with Crippen LogP contribution < -0.4 is 10.6 Å². The Morgan fingerprint density at radius 2 is 1.57 bits per heavy atom. The third kappa shape index (κ3) is 8.91. The van der Waals surface area contributed by atoms with Gasteiger partial charge in [-0.15, -0.1) is 11.3 Å². The van der Waals surface area contributed by atoms with Gasteiger partial charge in [0.15, 0.2) is 5.11 Å². The fourth-order valence-electron chi connectivity index (χ4n) is 3.37. The second-order valence-corrected chi connectivity index (χ2v) is 8.88. The first kappa shape index (κ1) is 24.9. The minimum Gasteiger partial charge on any atom is -0.465 e. The molecule has 28 heavy (non-hydrogen) atoms. The van der Waals surface area contributed by atoms with Crippen LogP contribution in [0.15, 0.2) is 0 Å². The topological polar surface area (TPSA) is 50.4 Å². The molecule has 1 aromatic rings. The molecule has 0 radical (unpaired) electrons. The van der Waals surface area contributed by atoms with Crippen molar-refractivity contribution in [3.05, 3.63) is 16.0 Å². The molecule has 0 spiro atoms. The van der Waals surface area contributed by atoms with E-state index in [2.05, 4.69) is 17.6 Å². The van der Waals surface area contributed by atoms with E-state index in [0.29, 0.717) is 10.7 Å². The van der Waals surface area contributed by atoms with Crippen LogP contribution in [0.1, 0.15) is 98.9 Å². The molecule has 4 nitrogen and oxygen atoms in total. The molecule has 0 unspecified atom stereocenters. The van der Waals surface area contributed by atoms with Gasteiger partial charge >= 0.3 is 5.97 Å². The quantitative estimate of drug-likeness (QED) is 0.199. The maximum Gasteiger partial charge on any atom is 0.341 e. The highest BCUT2D eigenvalue weighted by Gasteiger charge is 2.22. The molecular weight excluding hydrogens is 388 g/mol. The molecule has 0 atom stereocenters. The SMILES string of the molecule is CCCCCCCCCCCCNC(=S)Nc1sc(C)c(CC)c1C(=O)OC. The van der Waals surface area contributed by atoms with E-state index in [9.17, 15) is 4.79 Å². The van der Waals surface area contributed by atoms with E-state index in [4.69, 9.17) is 17.0 Å². The van der Waals surface area contributed by atoms with Crippen molar-refractivity contribution in [2.24, 2.45) is 0 Å². The molecule has 0 bridgehead atoms. The molecule has 0 aromatic carbocycles. The van der Waals surface area contributed by atoms with E-state index in [0.717, 1.165) is 34.8 Å². The Labute approximate surface area is 180 Å². The Bertz CT molecular complexity index is 600. The summed E-state index contributed by atoms with van der Waals surface area (Å²) in [4.78, 5) is 13.3. The zero-order valence-electron chi connectivity index (χ0n) is 18.1. The van der Waals surface area contributed by atoms with Crippen molar-refractivity contribution in [2.75, 3.05) is 19.0 Å². The lowest BCUT2D eigenvalue weighted by atomic mass is 10.1. The Hall–Kier alpha value is -1.14. The van der Waals surface area contributed by atoms with Crippen LogP contribution in [0.4, 0.5) is 5.00 Å². The first-order valence-electron chi connectivity index (χ1n) is 10.8. The number of ether oxygens (including phenoxy) is 1. The molecule has 6 heteroatoms. The van der Waals surface area contributed by atoms with Crippen LogP contribution in [0.5, 0.6) is 0 Å². The number of hydrogen-bond donors (Lipinski definition) is 2. The van der Waals surface area contributed by atoms with Crippen LogP contribution in [0.25, 0.3) is 0 Å². The van der Waals surface area contributed by atoms with Gasteiger partial charge < -0.3 is 15.4 Å². The van der Waals surface area contributed by atoms with Crippen molar-refractivity contribution in [3.63, 3.8) is 0 Å². The van der Waals surface area contributed by atoms with E-state index in [1.807, 2.05) is 13.8 Å².